The van der Waals surface area contributed by atoms with Crippen LogP contribution >= 0.6 is 0 Å². The molecule has 3 heterocycles. The van der Waals surface area contributed by atoms with Crippen LogP contribution in [0.2, 0.25) is 0 Å². The van der Waals surface area contributed by atoms with Gasteiger partial charge in [0.15, 0.2) is 0 Å². The third-order valence-corrected chi connectivity index (χ3v) is 3.81. The molecule has 1 aliphatic heterocycles. The van der Waals surface area contributed by atoms with Crippen LogP contribution in [-0.4, -0.2) is 65.3 Å². The lowest BCUT2D eigenvalue weighted by atomic mass is 10.3. The topological polar surface area (TPSA) is 74.4 Å². The molecule has 2 aromatic heterocycles. The Bertz CT molecular complexity index is 710. The van der Waals surface area contributed by atoms with E-state index in [1.165, 1.54) is 0 Å². The van der Waals surface area contributed by atoms with Crippen molar-refractivity contribution in [1.29, 1.82) is 0 Å². The number of rotatable bonds is 4. The van der Waals surface area contributed by atoms with Crippen molar-refractivity contribution in [1.82, 2.24) is 25.1 Å². The average molecular weight is 357 g/mol. The van der Waals surface area contributed by atoms with Crippen molar-refractivity contribution in [2.75, 3.05) is 50.1 Å². The largest absolute Gasteiger partial charge is 0.470 e. The summed E-state index contributed by atoms with van der Waals surface area (Å²) in [6.45, 7) is 2.79. The van der Waals surface area contributed by atoms with Gasteiger partial charge < -0.3 is 14.2 Å². The SMILES string of the molecule is CN(C)c1ccnc(N2CCN(Cc3nnc(C(F)(F)F)o3)CC2)n1. The van der Waals surface area contributed by atoms with Gasteiger partial charge in [-0.3, -0.25) is 4.90 Å². The number of halogens is 3. The van der Waals surface area contributed by atoms with Crippen molar-refractivity contribution in [3.05, 3.63) is 24.0 Å². The van der Waals surface area contributed by atoms with E-state index in [1.807, 2.05) is 34.9 Å². The highest BCUT2D eigenvalue weighted by Crippen LogP contribution is 2.28. The molecule has 0 radical (unpaired) electrons. The van der Waals surface area contributed by atoms with E-state index in [4.69, 9.17) is 0 Å². The third-order valence-electron chi connectivity index (χ3n) is 3.81. The van der Waals surface area contributed by atoms with Crippen LogP contribution < -0.4 is 9.80 Å². The van der Waals surface area contributed by atoms with Crippen molar-refractivity contribution >= 4 is 11.8 Å². The summed E-state index contributed by atoms with van der Waals surface area (Å²) in [5, 5.41) is 6.50. The normalized spacial score (nSPS) is 16.3. The molecule has 0 amide bonds. The van der Waals surface area contributed by atoms with E-state index in [-0.39, 0.29) is 12.4 Å². The molecule has 136 valence electrons. The standard InChI is InChI=1S/C14H18F3N7O/c1-22(2)10-3-4-18-13(19-10)24-7-5-23(6-8-24)9-11-20-21-12(25-11)14(15,16)17/h3-4H,5-9H2,1-2H3. The number of alkyl halides is 3. The van der Waals surface area contributed by atoms with E-state index < -0.39 is 12.1 Å². The molecule has 8 nitrogen and oxygen atoms in total. The lowest BCUT2D eigenvalue weighted by Crippen LogP contribution is -2.46. The molecule has 2 aromatic rings. The molecule has 1 aliphatic rings. The Labute approximate surface area is 142 Å². The molecule has 0 saturated carbocycles. The van der Waals surface area contributed by atoms with Gasteiger partial charge in [0.1, 0.15) is 5.82 Å². The van der Waals surface area contributed by atoms with Crippen molar-refractivity contribution in [3.63, 3.8) is 0 Å². The molecule has 0 aliphatic carbocycles. The van der Waals surface area contributed by atoms with Crippen LogP contribution in [0.5, 0.6) is 0 Å². The summed E-state index contributed by atoms with van der Waals surface area (Å²) < 4.78 is 42.1. The maximum absolute atomic E-state index is 12.5. The quantitative estimate of drug-likeness (QED) is 0.810. The number of anilines is 2. The smallest absolute Gasteiger partial charge is 0.416 e. The van der Waals surface area contributed by atoms with Gasteiger partial charge >= 0.3 is 12.1 Å². The van der Waals surface area contributed by atoms with E-state index in [0.717, 1.165) is 5.82 Å². The maximum Gasteiger partial charge on any atom is 0.470 e. The third kappa shape index (κ3) is 4.16. The molecule has 0 N–H and O–H groups in total. The molecule has 0 bridgehead atoms. The van der Waals surface area contributed by atoms with Gasteiger partial charge in [-0.25, -0.2) is 4.98 Å². The van der Waals surface area contributed by atoms with Crippen LogP contribution in [0.1, 0.15) is 11.8 Å². The van der Waals surface area contributed by atoms with Gasteiger partial charge in [-0.15, -0.1) is 10.2 Å². The monoisotopic (exact) mass is 357 g/mol. The van der Waals surface area contributed by atoms with Crippen LogP contribution in [0.25, 0.3) is 0 Å². The summed E-state index contributed by atoms with van der Waals surface area (Å²) in [5.41, 5.74) is 0. The predicted octanol–water partition coefficient (Wildman–Crippen LogP) is 1.27. The lowest BCUT2D eigenvalue weighted by Gasteiger charge is -2.34. The minimum Gasteiger partial charge on any atom is -0.416 e. The Morgan fingerprint density at radius 1 is 1.16 bits per heavy atom. The fraction of sp³-hybridized carbons (Fsp3) is 0.571. The van der Waals surface area contributed by atoms with E-state index >= 15 is 0 Å². The summed E-state index contributed by atoms with van der Waals surface area (Å²) in [6, 6.07) is 1.83. The summed E-state index contributed by atoms with van der Waals surface area (Å²) in [7, 11) is 3.81. The molecule has 3 rings (SSSR count). The molecule has 0 spiro atoms. The molecule has 11 heteroatoms. The Balaban J connectivity index is 1.57. The molecule has 0 aromatic carbocycles. The summed E-state index contributed by atoms with van der Waals surface area (Å²) in [6.07, 6.45) is -2.90. The van der Waals surface area contributed by atoms with Gasteiger partial charge in [-0.2, -0.15) is 18.2 Å². The van der Waals surface area contributed by atoms with Gasteiger partial charge in [0.2, 0.25) is 11.8 Å². The second kappa shape index (κ2) is 6.82. The molecule has 0 unspecified atom stereocenters. The van der Waals surface area contributed by atoms with E-state index in [1.54, 1.807) is 6.20 Å². The van der Waals surface area contributed by atoms with Crippen LogP contribution in [0, 0.1) is 0 Å². The minimum atomic E-state index is -4.61. The number of aromatic nitrogens is 4. The van der Waals surface area contributed by atoms with Crippen LogP contribution in [0.15, 0.2) is 16.7 Å². The zero-order valence-corrected chi connectivity index (χ0v) is 13.9. The van der Waals surface area contributed by atoms with Crippen LogP contribution in [-0.2, 0) is 12.7 Å². The maximum atomic E-state index is 12.5. The summed E-state index contributed by atoms with van der Waals surface area (Å²) in [5.74, 6) is 0.114. The number of piperazine rings is 1. The highest BCUT2D eigenvalue weighted by atomic mass is 19.4. The fourth-order valence-corrected chi connectivity index (χ4v) is 2.47. The Kier molecular flexibility index (Phi) is 4.75. The second-order valence-corrected chi connectivity index (χ2v) is 5.87. The predicted molar refractivity (Wildman–Crippen MR) is 83.1 cm³/mol. The van der Waals surface area contributed by atoms with Crippen molar-refractivity contribution in [3.8, 4) is 0 Å². The molecule has 25 heavy (non-hydrogen) atoms. The highest BCUT2D eigenvalue weighted by Gasteiger charge is 2.38. The Morgan fingerprint density at radius 3 is 2.48 bits per heavy atom. The van der Waals surface area contributed by atoms with E-state index in [9.17, 15) is 13.2 Å². The van der Waals surface area contributed by atoms with Crippen molar-refractivity contribution in [2.45, 2.75) is 12.7 Å². The summed E-state index contributed by atoms with van der Waals surface area (Å²) in [4.78, 5) is 14.7. The number of hydrogen-bond donors (Lipinski definition) is 0. The number of hydrogen-bond acceptors (Lipinski definition) is 8. The summed E-state index contributed by atoms with van der Waals surface area (Å²) >= 11 is 0. The first-order valence-electron chi connectivity index (χ1n) is 7.70. The average Bonchev–Trinajstić information content (AvgIpc) is 3.04. The van der Waals surface area contributed by atoms with Gasteiger partial charge in [-0.05, 0) is 6.07 Å². The molecule has 0 atom stereocenters. The van der Waals surface area contributed by atoms with Crippen molar-refractivity contribution < 1.29 is 17.6 Å². The van der Waals surface area contributed by atoms with Crippen LogP contribution in [0.3, 0.4) is 0 Å². The fourth-order valence-electron chi connectivity index (χ4n) is 2.47. The van der Waals surface area contributed by atoms with E-state index in [0.29, 0.717) is 32.1 Å². The number of nitrogens with zero attached hydrogens (tertiary/aromatic N) is 7. The molecule has 1 saturated heterocycles. The van der Waals surface area contributed by atoms with Gasteiger partial charge in [0, 0.05) is 46.5 Å². The first kappa shape index (κ1) is 17.4. The van der Waals surface area contributed by atoms with Gasteiger partial charge in [0.25, 0.3) is 0 Å². The lowest BCUT2D eigenvalue weighted by molar-refractivity contribution is -0.157. The second-order valence-electron chi connectivity index (χ2n) is 5.87. The first-order chi connectivity index (χ1) is 11.8. The Morgan fingerprint density at radius 2 is 1.88 bits per heavy atom. The molecule has 1 fully saturated rings. The molecular weight excluding hydrogens is 339 g/mol. The first-order valence-corrected chi connectivity index (χ1v) is 7.70. The Hall–Kier alpha value is -2.43. The molecular formula is C14H18F3N7O. The van der Waals surface area contributed by atoms with Crippen molar-refractivity contribution in [2.24, 2.45) is 0 Å². The zero-order valence-electron chi connectivity index (χ0n) is 13.9. The van der Waals surface area contributed by atoms with Gasteiger partial charge in [-0.1, -0.05) is 0 Å². The van der Waals surface area contributed by atoms with Gasteiger partial charge in [0.05, 0.1) is 6.54 Å². The zero-order chi connectivity index (χ0) is 18.0. The van der Waals surface area contributed by atoms with Crippen LogP contribution in [0.4, 0.5) is 24.9 Å². The minimum absolute atomic E-state index is 0.0355. The highest BCUT2D eigenvalue weighted by molar-refractivity contribution is 5.42. The van der Waals surface area contributed by atoms with E-state index in [2.05, 4.69) is 24.6 Å².